The molecule has 0 spiro atoms. The molecule has 27 heavy (non-hydrogen) atoms. The lowest BCUT2D eigenvalue weighted by Gasteiger charge is -2.32. The molecular formula is C20H33NO4Si2. The molecule has 7 heteroatoms. The Morgan fingerprint density at radius 1 is 1.11 bits per heavy atom. The van der Waals surface area contributed by atoms with Gasteiger partial charge in [0.1, 0.15) is 11.5 Å². The van der Waals surface area contributed by atoms with Gasteiger partial charge in [-0.2, -0.15) is 0 Å². The van der Waals surface area contributed by atoms with Crippen LogP contribution in [-0.4, -0.2) is 34.0 Å². The highest BCUT2D eigenvalue weighted by atomic mass is 28.4. The third kappa shape index (κ3) is 4.47. The van der Waals surface area contributed by atoms with Crippen LogP contribution < -0.4 is 14.7 Å². The highest BCUT2D eigenvalue weighted by Gasteiger charge is 2.35. The summed E-state index contributed by atoms with van der Waals surface area (Å²) in [6.07, 6.45) is 1.79. The van der Waals surface area contributed by atoms with Crippen LogP contribution >= 0.6 is 0 Å². The zero-order valence-corrected chi connectivity index (χ0v) is 20.3. The van der Waals surface area contributed by atoms with E-state index in [2.05, 4.69) is 46.2 Å². The van der Waals surface area contributed by atoms with E-state index in [1.165, 1.54) is 6.92 Å². The maximum Gasteiger partial charge on any atom is 0.308 e. The van der Waals surface area contributed by atoms with E-state index in [9.17, 15) is 4.79 Å². The van der Waals surface area contributed by atoms with Crippen molar-refractivity contribution in [2.45, 2.75) is 59.2 Å². The second kappa shape index (κ2) is 7.45. The highest BCUT2D eigenvalue weighted by Crippen LogP contribution is 2.41. The van der Waals surface area contributed by atoms with Crippen molar-refractivity contribution in [3.05, 3.63) is 17.8 Å². The lowest BCUT2D eigenvalue weighted by molar-refractivity contribution is -0.131. The number of aromatic nitrogens is 1. The van der Waals surface area contributed by atoms with Gasteiger partial charge in [0.05, 0.1) is 26.8 Å². The van der Waals surface area contributed by atoms with Crippen LogP contribution in [0.3, 0.4) is 0 Å². The van der Waals surface area contributed by atoms with Gasteiger partial charge in [-0.1, -0.05) is 19.6 Å². The number of methoxy groups -OCH3 is 1. The summed E-state index contributed by atoms with van der Waals surface area (Å²) in [7, 11) is 0.0166. The third-order valence-corrected chi connectivity index (χ3v) is 7.47. The molecule has 0 aliphatic rings. The minimum atomic E-state index is -1.87. The van der Waals surface area contributed by atoms with Gasteiger partial charge in [0.2, 0.25) is 0 Å². The molecule has 0 aliphatic heterocycles. The largest absolute Gasteiger partial charge is 0.495 e. The second-order valence-corrected chi connectivity index (χ2v) is 18.5. The number of hydrogen-bond acceptors (Lipinski definition) is 4. The van der Waals surface area contributed by atoms with Gasteiger partial charge >= 0.3 is 5.97 Å². The van der Waals surface area contributed by atoms with E-state index in [1.54, 1.807) is 7.11 Å². The molecule has 0 fully saturated rings. The molecule has 150 valence electrons. The summed E-state index contributed by atoms with van der Waals surface area (Å²) in [6.45, 7) is 16.8. The molecule has 0 aliphatic carbocycles. The second-order valence-electron chi connectivity index (χ2n) is 9.06. The van der Waals surface area contributed by atoms with Crippen LogP contribution in [0.25, 0.3) is 10.9 Å². The number of esters is 1. The van der Waals surface area contributed by atoms with Crippen molar-refractivity contribution >= 4 is 38.5 Å². The number of aryl methyl sites for hydroxylation is 1. The molecule has 5 nitrogen and oxygen atoms in total. The van der Waals surface area contributed by atoms with E-state index in [1.807, 2.05) is 23.9 Å². The molecule has 0 bridgehead atoms. The average molecular weight is 408 g/mol. The molecule has 0 radical (unpaired) electrons. The SMILES string of the molecule is COc1c([Si](C)(C)C)c(C(C)O[Si](C)(C)C)c(OC(C)=O)c2ccn(C)c12. The van der Waals surface area contributed by atoms with Gasteiger partial charge in [-0.25, -0.2) is 0 Å². The van der Waals surface area contributed by atoms with Gasteiger partial charge in [-0.15, -0.1) is 0 Å². The average Bonchev–Trinajstić information content (AvgIpc) is 2.85. The first-order chi connectivity index (χ1) is 12.3. The highest BCUT2D eigenvalue weighted by molar-refractivity contribution is 6.90. The standard InChI is InChI=1S/C20H33NO4Si2/c1-13(25-27(8,9)10)16-18(24-14(2)22)15-11-12-21(3)17(15)19(23-4)20(16)26(5,6)7/h11-13H,1-10H3. The summed E-state index contributed by atoms with van der Waals surface area (Å²) >= 11 is 0. The molecule has 1 atom stereocenters. The fourth-order valence-electron chi connectivity index (χ4n) is 3.67. The van der Waals surface area contributed by atoms with Crippen molar-refractivity contribution in [1.82, 2.24) is 4.57 Å². The van der Waals surface area contributed by atoms with E-state index < -0.39 is 16.4 Å². The Morgan fingerprint density at radius 2 is 1.70 bits per heavy atom. The predicted octanol–water partition coefficient (Wildman–Crippen LogP) is 4.57. The molecule has 0 saturated heterocycles. The number of ether oxygens (including phenoxy) is 2. The number of hydrogen-bond donors (Lipinski definition) is 0. The topological polar surface area (TPSA) is 49.7 Å². The number of carbonyl (C=O) groups is 1. The molecule has 0 saturated carbocycles. The molecule has 2 aromatic rings. The van der Waals surface area contributed by atoms with E-state index >= 15 is 0 Å². The molecule has 2 rings (SSSR count). The van der Waals surface area contributed by atoms with Crippen molar-refractivity contribution < 1.29 is 18.7 Å². The smallest absolute Gasteiger partial charge is 0.308 e. The van der Waals surface area contributed by atoms with E-state index in [0.29, 0.717) is 5.75 Å². The zero-order valence-electron chi connectivity index (χ0n) is 18.3. The van der Waals surface area contributed by atoms with Gasteiger partial charge in [0, 0.05) is 31.1 Å². The molecule has 1 unspecified atom stereocenters. The van der Waals surface area contributed by atoms with Crippen molar-refractivity contribution in [3.63, 3.8) is 0 Å². The van der Waals surface area contributed by atoms with E-state index in [-0.39, 0.29) is 12.1 Å². The monoisotopic (exact) mass is 407 g/mol. The molecule has 1 aromatic heterocycles. The molecule has 1 aromatic carbocycles. The van der Waals surface area contributed by atoms with Crippen LogP contribution in [0.1, 0.15) is 25.5 Å². The maximum atomic E-state index is 12.0. The van der Waals surface area contributed by atoms with Crippen molar-refractivity contribution in [2.75, 3.05) is 7.11 Å². The first-order valence-electron chi connectivity index (χ1n) is 9.33. The van der Waals surface area contributed by atoms with Crippen LogP contribution in [0.4, 0.5) is 0 Å². The summed E-state index contributed by atoms with van der Waals surface area (Å²) in [5, 5.41) is 2.04. The third-order valence-electron chi connectivity index (χ3n) is 4.41. The Bertz CT molecular complexity index is 860. The summed E-state index contributed by atoms with van der Waals surface area (Å²) in [5.74, 6) is 1.16. The van der Waals surface area contributed by atoms with Crippen molar-refractivity contribution in [3.8, 4) is 11.5 Å². The van der Waals surface area contributed by atoms with Crippen LogP contribution in [0.2, 0.25) is 39.3 Å². The quantitative estimate of drug-likeness (QED) is 0.400. The molecule has 0 amide bonds. The van der Waals surface area contributed by atoms with Gasteiger partial charge in [-0.05, 0) is 37.8 Å². The Labute approximate surface area is 164 Å². The first kappa shape index (κ1) is 21.7. The Kier molecular flexibility index (Phi) is 5.99. The minimum Gasteiger partial charge on any atom is -0.495 e. The Morgan fingerprint density at radius 3 is 2.15 bits per heavy atom. The van der Waals surface area contributed by atoms with Crippen molar-refractivity contribution in [1.29, 1.82) is 0 Å². The maximum absolute atomic E-state index is 12.0. The summed E-state index contributed by atoms with van der Waals surface area (Å²) in [5.41, 5.74) is 1.91. The fraction of sp³-hybridized carbons (Fsp3) is 0.550. The number of carbonyl (C=O) groups excluding carboxylic acids is 1. The first-order valence-corrected chi connectivity index (χ1v) is 16.2. The lowest BCUT2D eigenvalue weighted by atomic mass is 10.0. The van der Waals surface area contributed by atoms with Gasteiger partial charge in [0.15, 0.2) is 8.32 Å². The number of nitrogens with zero attached hydrogens (tertiary/aromatic N) is 1. The lowest BCUT2D eigenvalue weighted by Crippen LogP contribution is -2.43. The van der Waals surface area contributed by atoms with E-state index in [0.717, 1.165) is 27.4 Å². The zero-order chi connectivity index (χ0) is 20.7. The van der Waals surface area contributed by atoms with Crippen molar-refractivity contribution in [2.24, 2.45) is 7.05 Å². The van der Waals surface area contributed by atoms with Gasteiger partial charge < -0.3 is 18.5 Å². The van der Waals surface area contributed by atoms with E-state index in [4.69, 9.17) is 13.9 Å². The summed E-state index contributed by atoms with van der Waals surface area (Å²) in [4.78, 5) is 12.0. The van der Waals surface area contributed by atoms with Crippen LogP contribution in [0.15, 0.2) is 12.3 Å². The minimum absolute atomic E-state index is 0.189. The fourth-order valence-corrected chi connectivity index (χ4v) is 6.87. The molecule has 0 N–H and O–H groups in total. The van der Waals surface area contributed by atoms with Gasteiger partial charge in [-0.3, -0.25) is 4.79 Å². The summed E-state index contributed by atoms with van der Waals surface area (Å²) in [6, 6.07) is 1.98. The van der Waals surface area contributed by atoms with Crippen LogP contribution in [-0.2, 0) is 16.3 Å². The number of benzene rings is 1. The Balaban J connectivity index is 3.00. The molecule has 1 heterocycles. The van der Waals surface area contributed by atoms with Crippen LogP contribution in [0.5, 0.6) is 11.5 Å². The Hall–Kier alpha value is -1.58. The van der Waals surface area contributed by atoms with Gasteiger partial charge in [0.25, 0.3) is 0 Å². The number of fused-ring (bicyclic) bond motifs is 1. The summed E-state index contributed by atoms with van der Waals surface area (Å²) < 4.78 is 20.2. The van der Waals surface area contributed by atoms with Crippen LogP contribution in [0, 0.1) is 0 Å². The molecular weight excluding hydrogens is 374 g/mol. The normalized spacial score (nSPS) is 13.7. The number of rotatable bonds is 6. The predicted molar refractivity (Wildman–Crippen MR) is 117 cm³/mol.